The molecule has 0 unspecified atom stereocenters. The quantitative estimate of drug-likeness (QED) is 0.215. The highest BCUT2D eigenvalue weighted by Gasteiger charge is 2.13. The number of hydrogen-bond donors (Lipinski definition) is 2. The van der Waals surface area contributed by atoms with Crippen LogP contribution in [0.15, 0.2) is 23.2 Å². The van der Waals surface area contributed by atoms with Crippen LogP contribution in [0.1, 0.15) is 37.3 Å². The molecule has 0 radical (unpaired) electrons. The summed E-state index contributed by atoms with van der Waals surface area (Å²) >= 11 is 0. The number of hydrogen-bond acceptors (Lipinski definition) is 4. The molecule has 2 N–H and O–H groups in total. The highest BCUT2D eigenvalue weighted by molar-refractivity contribution is 14.0. The Bertz CT molecular complexity index is 604. The van der Waals surface area contributed by atoms with Crippen LogP contribution in [0.25, 0.3) is 0 Å². The summed E-state index contributed by atoms with van der Waals surface area (Å²) in [6, 6.07) is 6.52. The zero-order chi connectivity index (χ0) is 20.2. The molecule has 1 aliphatic rings. The van der Waals surface area contributed by atoms with E-state index in [9.17, 15) is 0 Å². The molecule has 1 aromatic rings. The largest absolute Gasteiger partial charge is 0.381 e. The lowest BCUT2D eigenvalue weighted by atomic mass is 10.0. The fraction of sp³-hybridized carbons (Fsp3) is 0.682. The predicted octanol–water partition coefficient (Wildman–Crippen LogP) is 3.57. The molecule has 0 bridgehead atoms. The number of nitrogens with zero attached hydrogens (tertiary/aromatic N) is 2. The van der Waals surface area contributed by atoms with E-state index in [4.69, 9.17) is 14.5 Å². The van der Waals surface area contributed by atoms with Crippen LogP contribution in [0.4, 0.5) is 5.69 Å². The van der Waals surface area contributed by atoms with E-state index in [-0.39, 0.29) is 24.0 Å². The monoisotopic (exact) mass is 518 g/mol. The molecule has 7 heteroatoms. The minimum absolute atomic E-state index is 0. The summed E-state index contributed by atoms with van der Waals surface area (Å²) in [5.74, 6) is 1.53. The summed E-state index contributed by atoms with van der Waals surface area (Å²) in [5, 5.41) is 6.73. The third kappa shape index (κ3) is 10.00. The van der Waals surface area contributed by atoms with Gasteiger partial charge in [0, 0.05) is 59.3 Å². The van der Waals surface area contributed by atoms with Gasteiger partial charge in [-0.25, -0.2) is 4.99 Å². The van der Waals surface area contributed by atoms with Crippen molar-refractivity contribution in [1.29, 1.82) is 0 Å². The van der Waals surface area contributed by atoms with E-state index in [1.807, 2.05) is 0 Å². The average Bonchev–Trinajstić information content (AvgIpc) is 2.70. The van der Waals surface area contributed by atoms with Crippen molar-refractivity contribution in [3.8, 4) is 0 Å². The van der Waals surface area contributed by atoms with E-state index in [1.165, 1.54) is 16.8 Å². The minimum atomic E-state index is 0. The lowest BCUT2D eigenvalue weighted by Gasteiger charge is -2.21. The lowest BCUT2D eigenvalue weighted by Crippen LogP contribution is -2.38. The molecular weight excluding hydrogens is 479 g/mol. The predicted molar refractivity (Wildman–Crippen MR) is 133 cm³/mol. The molecule has 29 heavy (non-hydrogen) atoms. The normalized spacial score (nSPS) is 15.0. The van der Waals surface area contributed by atoms with E-state index in [0.29, 0.717) is 12.5 Å². The first kappa shape index (κ1) is 26.0. The van der Waals surface area contributed by atoms with Gasteiger partial charge >= 0.3 is 0 Å². The van der Waals surface area contributed by atoms with Gasteiger partial charge in [-0.05, 0) is 62.3 Å². The van der Waals surface area contributed by atoms with Crippen molar-refractivity contribution in [3.63, 3.8) is 0 Å². The van der Waals surface area contributed by atoms with E-state index in [1.54, 1.807) is 0 Å². The summed E-state index contributed by atoms with van der Waals surface area (Å²) in [7, 11) is 4.13. The van der Waals surface area contributed by atoms with Gasteiger partial charge in [0.05, 0.1) is 6.54 Å². The Balaban J connectivity index is 0.00000420. The first-order valence-electron chi connectivity index (χ1n) is 10.5. The van der Waals surface area contributed by atoms with Gasteiger partial charge in [0.2, 0.25) is 0 Å². The maximum atomic E-state index is 5.83. The van der Waals surface area contributed by atoms with E-state index in [0.717, 1.165) is 64.7 Å². The second kappa shape index (κ2) is 14.8. The molecule has 6 nitrogen and oxygen atoms in total. The Labute approximate surface area is 193 Å². The Morgan fingerprint density at radius 3 is 2.66 bits per heavy atom. The number of anilines is 1. The Morgan fingerprint density at radius 2 is 2.00 bits per heavy atom. The SMILES string of the molecule is CCNC(=NCc1ccc(N(C)C)cc1C)NCCCOCC1CCOCC1.I. The zero-order valence-electron chi connectivity index (χ0n) is 18.5. The molecule has 0 spiro atoms. The number of nitrogens with one attached hydrogen (secondary N) is 2. The first-order valence-corrected chi connectivity index (χ1v) is 10.5. The summed E-state index contributed by atoms with van der Waals surface area (Å²) in [6.45, 7) is 10.0. The van der Waals surface area contributed by atoms with Crippen molar-refractivity contribution in [2.24, 2.45) is 10.9 Å². The number of benzene rings is 1. The van der Waals surface area contributed by atoms with Crippen molar-refractivity contribution < 1.29 is 9.47 Å². The number of ether oxygens (including phenoxy) is 2. The Kier molecular flexibility index (Phi) is 13.3. The fourth-order valence-electron chi connectivity index (χ4n) is 3.19. The van der Waals surface area contributed by atoms with Gasteiger partial charge in [-0.15, -0.1) is 24.0 Å². The fourth-order valence-corrected chi connectivity index (χ4v) is 3.19. The van der Waals surface area contributed by atoms with Crippen LogP contribution in [0, 0.1) is 12.8 Å². The first-order chi connectivity index (χ1) is 13.6. The van der Waals surface area contributed by atoms with E-state index in [2.05, 4.69) is 61.7 Å². The van der Waals surface area contributed by atoms with Gasteiger partial charge < -0.3 is 25.0 Å². The van der Waals surface area contributed by atoms with Crippen molar-refractivity contribution in [1.82, 2.24) is 10.6 Å². The van der Waals surface area contributed by atoms with Crippen LogP contribution in [-0.4, -0.2) is 59.6 Å². The van der Waals surface area contributed by atoms with Crippen LogP contribution in [0.3, 0.4) is 0 Å². The molecule has 1 saturated heterocycles. The van der Waals surface area contributed by atoms with Gasteiger partial charge in [0.25, 0.3) is 0 Å². The molecule has 2 rings (SSSR count). The standard InChI is InChI=1S/C22H38N4O2.HI/c1-5-23-22(24-11-6-12-28-17-19-9-13-27-14-10-19)25-16-20-7-8-21(26(3)4)15-18(20)2;/h7-8,15,19H,5-6,9-14,16-17H2,1-4H3,(H2,23,24,25);1H. The van der Waals surface area contributed by atoms with Gasteiger partial charge in [-0.3, -0.25) is 0 Å². The third-order valence-electron chi connectivity index (χ3n) is 5.05. The topological polar surface area (TPSA) is 58.1 Å². The van der Waals surface area contributed by atoms with Crippen molar-refractivity contribution in [2.45, 2.75) is 39.7 Å². The Morgan fingerprint density at radius 1 is 1.24 bits per heavy atom. The summed E-state index contributed by atoms with van der Waals surface area (Å²) in [5.41, 5.74) is 3.74. The van der Waals surface area contributed by atoms with E-state index >= 15 is 0 Å². The molecular formula is C22H39IN4O2. The molecule has 1 aliphatic heterocycles. The molecule has 1 aromatic carbocycles. The average molecular weight is 518 g/mol. The second-order valence-corrected chi connectivity index (χ2v) is 7.61. The number of rotatable bonds is 10. The highest BCUT2D eigenvalue weighted by atomic mass is 127. The maximum absolute atomic E-state index is 5.83. The molecule has 0 saturated carbocycles. The smallest absolute Gasteiger partial charge is 0.191 e. The van der Waals surface area contributed by atoms with E-state index < -0.39 is 0 Å². The number of guanidine groups is 1. The third-order valence-corrected chi connectivity index (χ3v) is 5.05. The van der Waals surface area contributed by atoms with Crippen LogP contribution < -0.4 is 15.5 Å². The number of halogens is 1. The summed E-state index contributed by atoms with van der Waals surface area (Å²) < 4.78 is 11.2. The maximum Gasteiger partial charge on any atom is 0.191 e. The highest BCUT2D eigenvalue weighted by Crippen LogP contribution is 2.18. The second-order valence-electron chi connectivity index (χ2n) is 7.61. The molecule has 0 aromatic heterocycles. The summed E-state index contributed by atoms with van der Waals surface area (Å²) in [6.07, 6.45) is 3.24. The van der Waals surface area contributed by atoms with Crippen LogP contribution in [0.5, 0.6) is 0 Å². The van der Waals surface area contributed by atoms with Crippen LogP contribution >= 0.6 is 24.0 Å². The lowest BCUT2D eigenvalue weighted by molar-refractivity contribution is 0.0203. The molecule has 0 aliphatic carbocycles. The van der Waals surface area contributed by atoms with Crippen LogP contribution in [0.2, 0.25) is 0 Å². The molecule has 1 heterocycles. The molecule has 0 atom stereocenters. The zero-order valence-corrected chi connectivity index (χ0v) is 20.8. The molecule has 0 amide bonds. The van der Waals surface area contributed by atoms with Crippen molar-refractivity contribution in [3.05, 3.63) is 29.3 Å². The van der Waals surface area contributed by atoms with Crippen LogP contribution in [-0.2, 0) is 16.0 Å². The van der Waals surface area contributed by atoms with Gasteiger partial charge in [-0.2, -0.15) is 0 Å². The molecule has 166 valence electrons. The minimum Gasteiger partial charge on any atom is -0.381 e. The van der Waals surface area contributed by atoms with Crippen molar-refractivity contribution in [2.75, 3.05) is 58.5 Å². The van der Waals surface area contributed by atoms with Gasteiger partial charge in [0.1, 0.15) is 0 Å². The number of aliphatic imine (C=N–C) groups is 1. The number of aryl methyl sites for hydroxylation is 1. The molecule has 1 fully saturated rings. The van der Waals surface area contributed by atoms with Crippen molar-refractivity contribution >= 4 is 35.6 Å². The Hall–Kier alpha value is -1.06. The summed E-state index contributed by atoms with van der Waals surface area (Å²) in [4.78, 5) is 6.86. The van der Waals surface area contributed by atoms with Gasteiger partial charge in [-0.1, -0.05) is 6.07 Å². The van der Waals surface area contributed by atoms with Gasteiger partial charge in [0.15, 0.2) is 5.96 Å².